The predicted molar refractivity (Wildman–Crippen MR) is 326 cm³/mol. The zero-order valence-electron chi connectivity index (χ0n) is 44.1. The summed E-state index contributed by atoms with van der Waals surface area (Å²) < 4.78 is 0. The second kappa shape index (κ2) is 15.4. The molecule has 0 saturated carbocycles. The van der Waals surface area contributed by atoms with Gasteiger partial charge in [0.1, 0.15) is 0 Å². The van der Waals surface area contributed by atoms with Crippen molar-refractivity contribution in [2.24, 2.45) is 0 Å². The summed E-state index contributed by atoms with van der Waals surface area (Å²) in [5, 5.41) is 20.9. The summed E-state index contributed by atoms with van der Waals surface area (Å²) in [5.41, 5.74) is 18.2. The third kappa shape index (κ3) is 6.12. The number of benzene rings is 12. The Kier molecular flexibility index (Phi) is 9.06. The Bertz CT molecular complexity index is 4700. The molecule has 14 aromatic rings. The molecule has 0 bridgehead atoms. The summed E-state index contributed by atoms with van der Waals surface area (Å²) in [5.74, 6) is 0. The third-order valence-electron chi connectivity index (χ3n) is 17.6. The van der Waals surface area contributed by atoms with Crippen LogP contribution in [0.4, 0.5) is 0 Å². The largest absolute Gasteiger partial charge is 0.0622 e. The fourth-order valence-electron chi connectivity index (χ4n) is 14.0. The molecule has 0 aromatic heterocycles. The van der Waals surface area contributed by atoms with E-state index in [2.05, 4.69) is 262 Å². The van der Waals surface area contributed by atoms with Gasteiger partial charge in [-0.3, -0.25) is 0 Å². The van der Waals surface area contributed by atoms with Crippen LogP contribution in [0, 0.1) is 0 Å². The normalized spacial score (nSPS) is 13.7. The van der Waals surface area contributed by atoms with E-state index in [1.165, 1.54) is 164 Å². The van der Waals surface area contributed by atoms with Crippen molar-refractivity contribution in [1.29, 1.82) is 0 Å². The molecule has 0 heteroatoms. The van der Waals surface area contributed by atoms with Crippen molar-refractivity contribution in [1.82, 2.24) is 0 Å². The van der Waals surface area contributed by atoms with Crippen LogP contribution >= 0.6 is 0 Å². The van der Waals surface area contributed by atoms with Crippen molar-refractivity contribution in [3.05, 3.63) is 229 Å². The zero-order chi connectivity index (χ0) is 50.9. The molecule has 14 aromatic carbocycles. The van der Waals surface area contributed by atoms with Crippen LogP contribution in [-0.2, 0) is 16.2 Å². The molecule has 1 aliphatic carbocycles. The molecular formula is C75H58. The lowest BCUT2D eigenvalue weighted by Crippen LogP contribution is -2.19. The molecule has 0 heterocycles. The monoisotopic (exact) mass is 958 g/mol. The van der Waals surface area contributed by atoms with E-state index in [0.717, 1.165) is 0 Å². The van der Waals surface area contributed by atoms with E-state index in [0.29, 0.717) is 0 Å². The number of hydrogen-bond acceptors (Lipinski definition) is 0. The van der Waals surface area contributed by atoms with E-state index in [4.69, 9.17) is 0 Å². The van der Waals surface area contributed by atoms with Crippen molar-refractivity contribution in [2.45, 2.75) is 71.6 Å². The average molecular weight is 959 g/mol. The first-order valence-corrected chi connectivity index (χ1v) is 27.0. The Morgan fingerprint density at radius 3 is 1.57 bits per heavy atom. The molecule has 0 nitrogen and oxygen atoms in total. The maximum absolute atomic E-state index is 2.58. The molecule has 0 spiro atoms. The quantitative estimate of drug-likeness (QED) is 0.154. The fourth-order valence-corrected chi connectivity index (χ4v) is 14.0. The molecule has 0 unspecified atom stereocenters. The van der Waals surface area contributed by atoms with Gasteiger partial charge in [-0.25, -0.2) is 0 Å². The minimum Gasteiger partial charge on any atom is -0.0622 e. The van der Waals surface area contributed by atoms with Crippen LogP contribution < -0.4 is 0 Å². The zero-order valence-corrected chi connectivity index (χ0v) is 44.1. The van der Waals surface area contributed by atoms with Gasteiger partial charge >= 0.3 is 0 Å². The smallest absolute Gasteiger partial charge is 0.0159 e. The second-order valence-electron chi connectivity index (χ2n) is 24.3. The van der Waals surface area contributed by atoms with E-state index in [1.807, 2.05) is 0 Å². The number of fused-ring (bicyclic) bond motifs is 13. The molecule has 0 saturated heterocycles. The molecule has 0 atom stereocenters. The first-order valence-electron chi connectivity index (χ1n) is 27.0. The lowest BCUT2D eigenvalue weighted by Gasteiger charge is -2.28. The lowest BCUT2D eigenvalue weighted by atomic mass is 9.76. The third-order valence-corrected chi connectivity index (χ3v) is 17.6. The van der Waals surface area contributed by atoms with Gasteiger partial charge in [-0.2, -0.15) is 0 Å². The van der Waals surface area contributed by atoms with E-state index in [9.17, 15) is 0 Å². The fraction of sp³-hybridized carbons (Fsp3) is 0.147. The summed E-state index contributed by atoms with van der Waals surface area (Å²) in [4.78, 5) is 0. The molecular weight excluding hydrogens is 901 g/mol. The van der Waals surface area contributed by atoms with Crippen LogP contribution in [0.15, 0.2) is 206 Å². The minimum atomic E-state index is -0.189. The topological polar surface area (TPSA) is 0 Å². The standard InChI is InChI=1S/C75H58/c1-73(2,3)46-34-35-55-62(40-46)75(7,8)63-41-47(74(4,5)6)39-58(66(55)63)54-36-37-57-70-60(38-45-26-15-16-28-49(45)67(54)70)72-64(44-24-13-10-14-25-44)69-56-33-21-32-53-50-29-18-19-30-51(50)59(65(53)56)42-61(69)68(71(57)72)52-31-20-17-27-48(52)43-22-11-9-12-23-43/h9-42H,1-8H3. The average Bonchev–Trinajstić information content (AvgIpc) is 4.25. The van der Waals surface area contributed by atoms with Crippen LogP contribution in [0.1, 0.15) is 77.6 Å². The molecule has 0 amide bonds. The molecule has 0 fully saturated rings. The Morgan fingerprint density at radius 2 is 0.840 bits per heavy atom. The van der Waals surface area contributed by atoms with Crippen molar-refractivity contribution in [3.63, 3.8) is 0 Å². The molecule has 0 N–H and O–H groups in total. The molecule has 0 radical (unpaired) electrons. The van der Waals surface area contributed by atoms with E-state index in [1.54, 1.807) is 0 Å². The molecule has 15 rings (SSSR count). The van der Waals surface area contributed by atoms with Gasteiger partial charge in [-0.05, 0) is 193 Å². The Hall–Kier alpha value is -8.32. The Balaban J connectivity index is 1.19. The van der Waals surface area contributed by atoms with E-state index in [-0.39, 0.29) is 16.2 Å². The van der Waals surface area contributed by atoms with Crippen molar-refractivity contribution < 1.29 is 0 Å². The summed E-state index contributed by atoms with van der Waals surface area (Å²) >= 11 is 0. The van der Waals surface area contributed by atoms with Gasteiger partial charge in [0.15, 0.2) is 0 Å². The van der Waals surface area contributed by atoms with Gasteiger partial charge in [0, 0.05) is 5.41 Å². The van der Waals surface area contributed by atoms with Crippen LogP contribution in [0.3, 0.4) is 0 Å². The lowest BCUT2D eigenvalue weighted by molar-refractivity contribution is 0.580. The van der Waals surface area contributed by atoms with Crippen LogP contribution in [-0.4, -0.2) is 0 Å². The van der Waals surface area contributed by atoms with Gasteiger partial charge in [-0.15, -0.1) is 0 Å². The Labute approximate surface area is 439 Å². The van der Waals surface area contributed by atoms with Crippen molar-refractivity contribution in [2.75, 3.05) is 0 Å². The summed E-state index contributed by atoms with van der Waals surface area (Å²) in [6.45, 7) is 19.1. The highest BCUT2D eigenvalue weighted by Crippen LogP contribution is 2.59. The first kappa shape index (κ1) is 44.2. The maximum atomic E-state index is 2.58. The van der Waals surface area contributed by atoms with Gasteiger partial charge in [0.05, 0.1) is 0 Å². The van der Waals surface area contributed by atoms with Crippen LogP contribution in [0.25, 0.3) is 142 Å². The number of rotatable bonds is 4. The molecule has 358 valence electrons. The van der Waals surface area contributed by atoms with Gasteiger partial charge < -0.3 is 0 Å². The maximum Gasteiger partial charge on any atom is 0.0159 e. The minimum absolute atomic E-state index is 0.0341. The number of hydrogen-bond donors (Lipinski definition) is 0. The van der Waals surface area contributed by atoms with Crippen LogP contribution in [0.2, 0.25) is 0 Å². The molecule has 1 aliphatic rings. The SMILES string of the molecule is CC(C)(C)c1ccc2c(c1)C(C)(C)c1cc(C(C)(C)C)cc(-c3ccc4c5c(-c6ccccc6-c6ccccc6)c6cc7c8ccccc8c8cccc(c6c(-c6ccccc6)c5c5cc6ccccc6c3c45)c87)c1-2. The second-order valence-corrected chi connectivity index (χ2v) is 24.3. The predicted octanol–water partition coefficient (Wildman–Crippen LogP) is 21.4. The summed E-state index contributed by atoms with van der Waals surface area (Å²) in [6.07, 6.45) is 0. The van der Waals surface area contributed by atoms with Gasteiger partial charge in [-0.1, -0.05) is 243 Å². The van der Waals surface area contributed by atoms with E-state index >= 15 is 0 Å². The summed E-state index contributed by atoms with van der Waals surface area (Å²) in [6, 6.07) is 79.5. The van der Waals surface area contributed by atoms with Crippen molar-refractivity contribution in [3.8, 4) is 55.6 Å². The van der Waals surface area contributed by atoms with E-state index < -0.39 is 0 Å². The molecule has 0 aliphatic heterocycles. The first-order chi connectivity index (χ1) is 36.3. The van der Waals surface area contributed by atoms with Gasteiger partial charge in [0.2, 0.25) is 0 Å². The van der Waals surface area contributed by atoms with Crippen molar-refractivity contribution >= 4 is 86.2 Å². The van der Waals surface area contributed by atoms with Gasteiger partial charge in [0.25, 0.3) is 0 Å². The highest BCUT2D eigenvalue weighted by atomic mass is 14.4. The van der Waals surface area contributed by atoms with Crippen LogP contribution in [0.5, 0.6) is 0 Å². The highest BCUT2D eigenvalue weighted by molar-refractivity contribution is 6.47. The summed E-state index contributed by atoms with van der Waals surface area (Å²) in [7, 11) is 0. The Morgan fingerprint density at radius 1 is 0.267 bits per heavy atom. The highest BCUT2D eigenvalue weighted by Gasteiger charge is 2.40. The molecule has 75 heavy (non-hydrogen) atoms.